The predicted octanol–water partition coefficient (Wildman–Crippen LogP) is -1.67. The van der Waals surface area contributed by atoms with Gasteiger partial charge in [0.05, 0.1) is 0 Å². The minimum absolute atomic E-state index is 0. The van der Waals surface area contributed by atoms with Gasteiger partial charge in [0.2, 0.25) is 0 Å². The van der Waals surface area contributed by atoms with E-state index in [1.165, 1.54) is 38.5 Å². The van der Waals surface area contributed by atoms with Crippen molar-refractivity contribution >= 4 is 6.94 Å². The first-order valence-corrected chi connectivity index (χ1v) is 20.7. The molecule has 4 heteroatoms. The van der Waals surface area contributed by atoms with E-state index in [1.54, 1.807) is 0 Å². The van der Waals surface area contributed by atoms with Crippen LogP contribution in [0.1, 0.15) is 38.5 Å². The van der Waals surface area contributed by atoms with Gasteiger partial charge in [-0.2, -0.15) is 0 Å². The Morgan fingerprint density at radius 3 is 1.68 bits per heavy atom. The zero-order valence-corrected chi connectivity index (χ0v) is 19.5. The summed E-state index contributed by atoms with van der Waals surface area (Å²) >= 11 is -1.50. The molecule has 4 unspecified atom stereocenters. The van der Waals surface area contributed by atoms with Crippen LogP contribution in [0.15, 0.2) is 47.6 Å². The summed E-state index contributed by atoms with van der Waals surface area (Å²) in [6, 6.07) is 0. The van der Waals surface area contributed by atoms with Gasteiger partial charge in [0.15, 0.2) is 0 Å². The third-order valence-electron chi connectivity index (χ3n) is 5.94. The second-order valence-corrected chi connectivity index (χ2v) is 22.7. The molecule has 0 radical (unpaired) electrons. The van der Waals surface area contributed by atoms with E-state index in [2.05, 4.69) is 43.4 Å². The van der Waals surface area contributed by atoms with E-state index in [0.29, 0.717) is 0 Å². The van der Waals surface area contributed by atoms with Gasteiger partial charge in [0, 0.05) is 0 Å². The van der Waals surface area contributed by atoms with Crippen LogP contribution in [0.25, 0.3) is 0 Å². The molecule has 0 aromatic heterocycles. The van der Waals surface area contributed by atoms with E-state index >= 15 is 0 Å². The van der Waals surface area contributed by atoms with Gasteiger partial charge in [-0.3, -0.25) is 0 Å². The van der Waals surface area contributed by atoms with Crippen molar-refractivity contribution in [1.82, 2.24) is 0 Å². The summed E-state index contributed by atoms with van der Waals surface area (Å²) < 4.78 is 2.17. The molecule has 4 aliphatic rings. The van der Waals surface area contributed by atoms with E-state index in [0.717, 1.165) is 19.2 Å². The van der Waals surface area contributed by atoms with Crippen LogP contribution in [0, 0.1) is 11.8 Å². The van der Waals surface area contributed by atoms with E-state index in [9.17, 15) is 0 Å². The SMILES string of the molecule is [Cl-].[Cl-].[SiH2]=[Hf+2]([CH]1CCC2CC=CC=C21)[CH]1CCC2CC=CC=C21. The van der Waals surface area contributed by atoms with Gasteiger partial charge in [-0.1, -0.05) is 0 Å². The molecule has 0 heterocycles. The first-order chi connectivity index (χ1) is 9.84. The molecular weight excluding hydrogens is 494 g/mol. The fraction of sp³-hybridized carbons (Fsp3) is 0.556. The molecule has 22 heavy (non-hydrogen) atoms. The van der Waals surface area contributed by atoms with Crippen LogP contribution >= 0.6 is 0 Å². The van der Waals surface area contributed by atoms with E-state index in [-0.39, 0.29) is 24.8 Å². The Labute approximate surface area is 156 Å². The van der Waals surface area contributed by atoms with Crippen LogP contribution in [0.4, 0.5) is 0 Å². The maximum atomic E-state index is 2.52. The van der Waals surface area contributed by atoms with E-state index in [4.69, 9.17) is 0 Å². The van der Waals surface area contributed by atoms with Crippen LogP contribution in [0.3, 0.4) is 0 Å². The van der Waals surface area contributed by atoms with Crippen molar-refractivity contribution in [2.24, 2.45) is 11.8 Å². The number of rotatable bonds is 2. The average Bonchev–Trinajstić information content (AvgIpc) is 3.11. The third kappa shape index (κ3) is 3.36. The first-order valence-electron chi connectivity index (χ1n) is 8.26. The van der Waals surface area contributed by atoms with Crippen LogP contribution in [-0.4, -0.2) is 6.94 Å². The molecule has 0 amide bonds. The van der Waals surface area contributed by atoms with Gasteiger partial charge in [-0.25, -0.2) is 0 Å². The summed E-state index contributed by atoms with van der Waals surface area (Å²) in [5.41, 5.74) is 3.78. The molecule has 0 aromatic carbocycles. The Hall–Kier alpha value is 0.627. The summed E-state index contributed by atoms with van der Waals surface area (Å²) in [4.78, 5) is 0. The zero-order valence-electron chi connectivity index (χ0n) is 13.0. The molecule has 0 N–H and O–H groups in total. The number of allylic oxidation sites excluding steroid dienone is 8. The monoisotopic (exact) mass is 518 g/mol. The number of hydrogen-bond donors (Lipinski definition) is 0. The fourth-order valence-corrected chi connectivity index (χ4v) is 23.1. The van der Waals surface area contributed by atoms with Gasteiger partial charge in [0.1, 0.15) is 0 Å². The summed E-state index contributed by atoms with van der Waals surface area (Å²) in [6.07, 6.45) is 23.2. The molecule has 0 nitrogen and oxygen atoms in total. The Morgan fingerprint density at radius 2 is 1.23 bits per heavy atom. The molecule has 4 atom stereocenters. The summed E-state index contributed by atoms with van der Waals surface area (Å²) in [5.74, 6) is 1.87. The van der Waals surface area contributed by atoms with Crippen molar-refractivity contribution < 1.29 is 44.9 Å². The molecule has 0 aromatic rings. The van der Waals surface area contributed by atoms with Crippen molar-refractivity contribution in [3.63, 3.8) is 0 Å². The van der Waals surface area contributed by atoms with Crippen LogP contribution in [0.5, 0.6) is 0 Å². The summed E-state index contributed by atoms with van der Waals surface area (Å²) in [6.45, 7) is 2.52. The Balaban J connectivity index is 0.000000882. The molecule has 0 aliphatic heterocycles. The molecule has 118 valence electrons. The van der Waals surface area contributed by atoms with Crippen molar-refractivity contribution in [2.75, 3.05) is 0 Å². The molecule has 0 bridgehead atoms. The van der Waals surface area contributed by atoms with E-state index < -0.39 is 20.1 Å². The Morgan fingerprint density at radius 1 is 0.773 bits per heavy atom. The van der Waals surface area contributed by atoms with Crippen LogP contribution in [0.2, 0.25) is 7.35 Å². The second kappa shape index (κ2) is 8.14. The molecule has 2 fully saturated rings. The van der Waals surface area contributed by atoms with E-state index in [1.807, 2.05) is 11.1 Å². The molecule has 0 saturated heterocycles. The molecular formula is C18H24Cl2HfSi. The second-order valence-electron chi connectivity index (χ2n) is 6.89. The van der Waals surface area contributed by atoms with Crippen molar-refractivity contribution in [3.8, 4) is 0 Å². The predicted molar refractivity (Wildman–Crippen MR) is 85.2 cm³/mol. The first kappa shape index (κ1) is 19.0. The van der Waals surface area contributed by atoms with Crippen molar-refractivity contribution in [3.05, 3.63) is 47.6 Å². The van der Waals surface area contributed by atoms with Gasteiger partial charge < -0.3 is 24.8 Å². The number of halogens is 2. The van der Waals surface area contributed by atoms with Gasteiger partial charge >= 0.3 is 132 Å². The molecule has 2 saturated carbocycles. The van der Waals surface area contributed by atoms with Crippen molar-refractivity contribution in [1.29, 1.82) is 0 Å². The standard InChI is InChI=1S/2C9H11.2ClH.Hf.H2Si/c2*1-2-5-9-7-3-6-8(9)4-1;;;;/h2*1-2,4,6,9H,3,5,7H2;2*1H;;1H2/q;;;;+2;/p-2. The molecule has 4 rings (SSSR count). The molecule has 0 spiro atoms. The quantitative estimate of drug-likeness (QED) is 0.385. The normalized spacial score (nSPS) is 34.3. The number of hydrogen-bond acceptors (Lipinski definition) is 0. The topological polar surface area (TPSA) is 0 Å². The average molecular weight is 518 g/mol. The summed E-state index contributed by atoms with van der Waals surface area (Å²) in [7, 11) is 0. The van der Waals surface area contributed by atoms with Crippen molar-refractivity contribution in [2.45, 2.75) is 45.9 Å². The Kier molecular flexibility index (Phi) is 7.01. The molecule has 4 aliphatic carbocycles. The van der Waals surface area contributed by atoms with Gasteiger partial charge in [0.25, 0.3) is 0 Å². The minimum atomic E-state index is -1.50. The zero-order chi connectivity index (χ0) is 13.5. The summed E-state index contributed by atoms with van der Waals surface area (Å²) in [5, 5.41) is 0. The maximum absolute atomic E-state index is 2.52. The van der Waals surface area contributed by atoms with Crippen LogP contribution in [-0.2, 0) is 20.1 Å². The third-order valence-corrected chi connectivity index (χ3v) is 24.9. The number of fused-ring (bicyclic) bond motifs is 2. The Bertz CT molecular complexity index is 513. The van der Waals surface area contributed by atoms with Gasteiger partial charge in [-0.15, -0.1) is 0 Å². The van der Waals surface area contributed by atoms with Gasteiger partial charge in [-0.05, 0) is 0 Å². The van der Waals surface area contributed by atoms with Crippen LogP contribution < -0.4 is 24.8 Å². The fourth-order valence-electron chi connectivity index (χ4n) is 4.87.